The van der Waals surface area contributed by atoms with Crippen molar-refractivity contribution in [2.45, 2.75) is 80.1 Å². The summed E-state index contributed by atoms with van der Waals surface area (Å²) in [5, 5.41) is 7.03. The monoisotopic (exact) mass is 345 g/mol. The maximum atomic E-state index is 11.4. The largest absolute Gasteiger partial charge is 0.396 e. The highest BCUT2D eigenvalue weighted by Crippen LogP contribution is 2.01. The van der Waals surface area contributed by atoms with Crippen LogP contribution in [-0.2, 0) is 9.63 Å². The van der Waals surface area contributed by atoms with Gasteiger partial charge in [-0.3, -0.25) is 4.79 Å². The van der Waals surface area contributed by atoms with E-state index < -0.39 is 0 Å². The number of hydrogen-bond donors (Lipinski definition) is 1. The zero-order valence-electron chi connectivity index (χ0n) is 17.6. The van der Waals surface area contributed by atoms with E-state index in [0.29, 0.717) is 13.0 Å². The third-order valence-corrected chi connectivity index (χ3v) is 2.81. The molecule has 1 N–H and O–H groups in total. The van der Waals surface area contributed by atoms with Gasteiger partial charge in [-0.05, 0) is 46.2 Å². The van der Waals surface area contributed by atoms with Crippen LogP contribution in [0.1, 0.15) is 80.1 Å². The van der Waals surface area contributed by atoms with Crippen LogP contribution in [0.5, 0.6) is 0 Å². The molecule has 146 valence electrons. The van der Waals surface area contributed by atoms with Crippen LogP contribution in [-0.4, -0.2) is 50.3 Å². The second-order valence-electron chi connectivity index (χ2n) is 5.24. The van der Waals surface area contributed by atoms with Crippen LogP contribution in [0.3, 0.4) is 0 Å². The van der Waals surface area contributed by atoms with Gasteiger partial charge in [-0.2, -0.15) is 0 Å². The molecule has 0 aliphatic heterocycles. The molecule has 0 spiro atoms. The Morgan fingerprint density at radius 3 is 2.17 bits per heavy atom. The lowest BCUT2D eigenvalue weighted by atomic mass is 10.2. The van der Waals surface area contributed by atoms with Crippen LogP contribution < -0.4 is 5.32 Å². The van der Waals surface area contributed by atoms with Crippen LogP contribution >= 0.6 is 0 Å². The van der Waals surface area contributed by atoms with Crippen molar-refractivity contribution in [3.63, 3.8) is 0 Å². The summed E-state index contributed by atoms with van der Waals surface area (Å²) < 4.78 is 0. The Labute approximate surface area is 151 Å². The minimum absolute atomic E-state index is 0.157. The fourth-order valence-corrected chi connectivity index (χ4v) is 1.69. The number of oxime groups is 1. The quantitative estimate of drug-likeness (QED) is 0.322. The minimum atomic E-state index is 0.157. The minimum Gasteiger partial charge on any atom is -0.396 e. The molecule has 0 aromatic rings. The van der Waals surface area contributed by atoms with Gasteiger partial charge in [-0.25, -0.2) is 0 Å². The van der Waals surface area contributed by atoms with E-state index in [4.69, 9.17) is 4.84 Å². The highest BCUT2D eigenvalue weighted by molar-refractivity contribution is 5.85. The Morgan fingerprint density at radius 1 is 1.04 bits per heavy atom. The van der Waals surface area contributed by atoms with E-state index >= 15 is 0 Å². The molecule has 5 nitrogen and oxygen atoms in total. The second kappa shape index (κ2) is 24.2. The second-order valence-corrected chi connectivity index (χ2v) is 5.24. The number of nitrogens with one attached hydrogen (secondary N) is 1. The molecule has 5 heteroatoms. The number of carbonyl (C=O) groups excluding carboxylic acids is 1. The molecule has 0 saturated heterocycles. The normalized spacial score (nSPS) is 10.3. The number of nitrogens with zero attached hydrogens (tertiary/aromatic N) is 2. The molecule has 24 heavy (non-hydrogen) atoms. The SMILES string of the molecule is CC.CC.CCCNC(=O)CCCCCO/N=C(/CC)CN(C)C. The summed E-state index contributed by atoms with van der Waals surface area (Å²) in [7, 11) is 4.05. The maximum Gasteiger partial charge on any atom is 0.219 e. The molecule has 1 amide bonds. The molecule has 0 atom stereocenters. The van der Waals surface area contributed by atoms with Crippen molar-refractivity contribution in [3.05, 3.63) is 0 Å². The van der Waals surface area contributed by atoms with Gasteiger partial charge in [0, 0.05) is 19.5 Å². The van der Waals surface area contributed by atoms with E-state index in [0.717, 1.165) is 50.9 Å². The van der Waals surface area contributed by atoms with Gasteiger partial charge >= 0.3 is 0 Å². The standard InChI is InChI=1S/C15H31N3O2.2C2H6/c1-5-11-16-15(19)10-8-7-9-12-20-17-14(6-2)13-18(3)4;2*1-2/h5-13H2,1-4H3,(H,16,19);2*1-2H3/b17-14-;;. The third kappa shape index (κ3) is 23.2. The number of unbranched alkanes of at least 4 members (excludes halogenated alkanes) is 2. The highest BCUT2D eigenvalue weighted by Gasteiger charge is 2.01. The Hall–Kier alpha value is -1.10. The Bertz CT molecular complexity index is 280. The molecule has 0 fully saturated rings. The zero-order valence-corrected chi connectivity index (χ0v) is 17.6. The van der Waals surface area contributed by atoms with Gasteiger partial charge in [0.2, 0.25) is 5.91 Å². The smallest absolute Gasteiger partial charge is 0.219 e. The molecular weight excluding hydrogens is 302 g/mol. The van der Waals surface area contributed by atoms with E-state index in [1.165, 1.54) is 0 Å². The van der Waals surface area contributed by atoms with Gasteiger partial charge in [0.15, 0.2) is 0 Å². The highest BCUT2D eigenvalue weighted by atomic mass is 16.6. The average Bonchev–Trinajstić information content (AvgIpc) is 2.61. The Balaban J connectivity index is -0.00000102. The fourth-order valence-electron chi connectivity index (χ4n) is 1.69. The van der Waals surface area contributed by atoms with E-state index in [9.17, 15) is 4.79 Å². The first-order valence-electron chi connectivity index (χ1n) is 9.69. The molecule has 0 aromatic carbocycles. The van der Waals surface area contributed by atoms with Crippen LogP contribution in [0.2, 0.25) is 0 Å². The average molecular weight is 346 g/mol. The van der Waals surface area contributed by atoms with E-state index in [-0.39, 0.29) is 5.91 Å². The zero-order chi connectivity index (χ0) is 19.2. The summed E-state index contributed by atoms with van der Waals surface area (Å²) in [5.41, 5.74) is 1.06. The lowest BCUT2D eigenvalue weighted by Gasteiger charge is -2.10. The summed E-state index contributed by atoms with van der Waals surface area (Å²) in [6.07, 6.45) is 5.39. The molecule has 0 saturated carbocycles. The molecule has 0 unspecified atom stereocenters. The fraction of sp³-hybridized carbons (Fsp3) is 0.895. The first-order chi connectivity index (χ1) is 11.6. The van der Waals surface area contributed by atoms with Crippen molar-refractivity contribution in [1.82, 2.24) is 10.2 Å². The number of carbonyl (C=O) groups is 1. The molecular formula is C19H43N3O2. The number of amides is 1. The van der Waals surface area contributed by atoms with Crippen molar-refractivity contribution >= 4 is 11.6 Å². The molecule has 0 aliphatic rings. The van der Waals surface area contributed by atoms with Gasteiger partial charge in [0.05, 0.1) is 5.71 Å². The van der Waals surface area contributed by atoms with Crippen molar-refractivity contribution in [2.75, 3.05) is 33.8 Å². The lowest BCUT2D eigenvalue weighted by molar-refractivity contribution is -0.121. The number of hydrogen-bond acceptors (Lipinski definition) is 4. The first-order valence-corrected chi connectivity index (χ1v) is 9.69. The van der Waals surface area contributed by atoms with Gasteiger partial charge in [0.1, 0.15) is 6.61 Å². The summed E-state index contributed by atoms with van der Waals surface area (Å²) in [6, 6.07) is 0. The molecule has 0 radical (unpaired) electrons. The van der Waals surface area contributed by atoms with E-state index in [1.54, 1.807) is 0 Å². The van der Waals surface area contributed by atoms with Crippen LogP contribution in [0.4, 0.5) is 0 Å². The predicted molar refractivity (Wildman–Crippen MR) is 107 cm³/mol. The Kier molecular flexibility index (Phi) is 27.9. The van der Waals surface area contributed by atoms with Gasteiger partial charge in [-0.1, -0.05) is 46.7 Å². The first kappa shape index (κ1) is 27.7. The number of rotatable bonds is 12. The lowest BCUT2D eigenvalue weighted by Crippen LogP contribution is -2.23. The molecule has 0 aromatic heterocycles. The van der Waals surface area contributed by atoms with E-state index in [1.807, 2.05) is 41.8 Å². The van der Waals surface area contributed by atoms with Gasteiger partial charge in [0.25, 0.3) is 0 Å². The predicted octanol–water partition coefficient (Wildman–Crippen LogP) is 4.47. The molecule has 0 rings (SSSR count). The summed E-state index contributed by atoms with van der Waals surface area (Å²) >= 11 is 0. The van der Waals surface area contributed by atoms with Gasteiger partial charge in [-0.15, -0.1) is 0 Å². The van der Waals surface area contributed by atoms with Crippen LogP contribution in [0.25, 0.3) is 0 Å². The Morgan fingerprint density at radius 2 is 1.67 bits per heavy atom. The topological polar surface area (TPSA) is 53.9 Å². The van der Waals surface area contributed by atoms with Gasteiger partial charge < -0.3 is 15.1 Å². The maximum absolute atomic E-state index is 11.4. The molecule has 0 heterocycles. The molecule has 0 aliphatic carbocycles. The van der Waals surface area contributed by atoms with Crippen LogP contribution in [0, 0.1) is 0 Å². The van der Waals surface area contributed by atoms with Crippen molar-refractivity contribution < 1.29 is 9.63 Å². The van der Waals surface area contributed by atoms with Crippen molar-refractivity contribution in [3.8, 4) is 0 Å². The summed E-state index contributed by atoms with van der Waals surface area (Å²) in [6.45, 7) is 14.4. The van der Waals surface area contributed by atoms with Crippen LogP contribution in [0.15, 0.2) is 5.16 Å². The van der Waals surface area contributed by atoms with E-state index in [2.05, 4.69) is 29.2 Å². The summed E-state index contributed by atoms with van der Waals surface area (Å²) in [4.78, 5) is 18.8. The van der Waals surface area contributed by atoms with Crippen molar-refractivity contribution in [1.29, 1.82) is 0 Å². The summed E-state index contributed by atoms with van der Waals surface area (Å²) in [5.74, 6) is 0.157. The molecule has 0 bridgehead atoms. The third-order valence-electron chi connectivity index (χ3n) is 2.81. The van der Waals surface area contributed by atoms with Crippen molar-refractivity contribution in [2.24, 2.45) is 5.16 Å².